The second kappa shape index (κ2) is 18.1. The Morgan fingerprint density at radius 1 is 1.09 bits per heavy atom. The summed E-state index contributed by atoms with van der Waals surface area (Å²) in [7, 11) is 3.25. The van der Waals surface area contributed by atoms with Crippen LogP contribution >= 0.6 is 0 Å². The topological polar surface area (TPSA) is 233 Å². The van der Waals surface area contributed by atoms with Crippen molar-refractivity contribution in [2.45, 2.75) is 109 Å². The summed E-state index contributed by atoms with van der Waals surface area (Å²) in [5.74, 6) is -1.46. The average molecular weight is 774 g/mol. The normalized spacial score (nSPS) is 20.9. The van der Waals surface area contributed by atoms with Crippen molar-refractivity contribution in [3.8, 4) is 6.01 Å². The molecule has 17 nitrogen and oxygen atoms in total. The lowest BCUT2D eigenvalue weighted by molar-refractivity contribution is -0.139. The van der Waals surface area contributed by atoms with Gasteiger partial charge in [-0.15, -0.1) is 0 Å². The number of unbranched alkanes of at least 4 members (excludes halogenated alkanes) is 3. The molecule has 4 rings (SSSR count). The van der Waals surface area contributed by atoms with E-state index in [1.807, 2.05) is 36.6 Å². The highest BCUT2D eigenvalue weighted by Gasteiger charge is 2.43. The van der Waals surface area contributed by atoms with Gasteiger partial charge in [-0.05, 0) is 78.4 Å². The highest BCUT2D eigenvalue weighted by atomic mass is 32.2. The van der Waals surface area contributed by atoms with Crippen molar-refractivity contribution in [3.63, 3.8) is 0 Å². The molecule has 0 bridgehead atoms. The van der Waals surface area contributed by atoms with Gasteiger partial charge in [0.1, 0.15) is 29.3 Å². The van der Waals surface area contributed by atoms with Crippen molar-refractivity contribution < 1.29 is 37.7 Å². The Bertz CT molecular complexity index is 1750. The molecule has 2 aromatic rings. The molecule has 1 aliphatic heterocycles. The maximum absolute atomic E-state index is 14.1. The zero-order chi connectivity index (χ0) is 39.9. The Hall–Kier alpha value is -4.71. The van der Waals surface area contributed by atoms with Crippen LogP contribution in [0, 0.1) is 11.8 Å². The number of hydrogen-bond donors (Lipinski definition) is 5. The number of fused-ring (bicyclic) bond motifs is 1. The SMILES string of the molecule is CC(C)n1c(OC2CC(C(N)=O)N(C(=O)C(CCCCCC=CC3CC3C(=O)NS(=O)N(C)C)NC(=O)OC(C)(C)C)C2)nc2c(NC(N)=O)cccc21. The molecule has 1 aliphatic carbocycles. The van der Waals surface area contributed by atoms with Gasteiger partial charge in [0, 0.05) is 32.5 Å². The molecule has 18 heteroatoms. The number of hydrogen-bond acceptors (Lipinski definition) is 9. The number of likely N-dealkylation sites (tertiary alicyclic amines) is 1. The van der Waals surface area contributed by atoms with Gasteiger partial charge in [-0.2, -0.15) is 4.98 Å². The first-order chi connectivity index (χ1) is 25.4. The largest absolute Gasteiger partial charge is 0.459 e. The fourth-order valence-electron chi connectivity index (χ4n) is 6.40. The molecular formula is C36H55N9O8S. The minimum absolute atomic E-state index is 0.0165. The maximum atomic E-state index is 14.1. The van der Waals surface area contributed by atoms with E-state index in [1.54, 1.807) is 47.0 Å². The predicted molar refractivity (Wildman–Crippen MR) is 204 cm³/mol. The summed E-state index contributed by atoms with van der Waals surface area (Å²) < 4.78 is 29.4. The monoisotopic (exact) mass is 773 g/mol. The fraction of sp³-hybridized carbons (Fsp3) is 0.611. The second-order valence-electron chi connectivity index (χ2n) is 15.2. The van der Waals surface area contributed by atoms with Crippen molar-refractivity contribution in [2.24, 2.45) is 23.3 Å². The molecule has 2 aliphatic rings. The number of nitrogens with zero attached hydrogens (tertiary/aromatic N) is 4. The van der Waals surface area contributed by atoms with Gasteiger partial charge in [0.15, 0.2) is 11.2 Å². The van der Waals surface area contributed by atoms with E-state index in [1.165, 1.54) is 9.21 Å². The van der Waals surface area contributed by atoms with Crippen LogP contribution in [-0.2, 0) is 30.3 Å². The number of rotatable bonds is 17. The molecule has 6 unspecified atom stereocenters. The highest BCUT2D eigenvalue weighted by molar-refractivity contribution is 7.81. The number of imidazole rings is 1. The minimum Gasteiger partial charge on any atom is -0.459 e. The van der Waals surface area contributed by atoms with E-state index in [2.05, 4.69) is 20.3 Å². The summed E-state index contributed by atoms with van der Waals surface area (Å²) >= 11 is -1.55. The number of carbonyl (C=O) groups excluding carboxylic acids is 5. The predicted octanol–water partition coefficient (Wildman–Crippen LogP) is 3.23. The number of carbonyl (C=O) groups is 5. The van der Waals surface area contributed by atoms with Gasteiger partial charge < -0.3 is 36.5 Å². The molecule has 0 radical (unpaired) electrons. The molecule has 54 heavy (non-hydrogen) atoms. The summed E-state index contributed by atoms with van der Waals surface area (Å²) in [5, 5.41) is 5.30. The Morgan fingerprint density at radius 3 is 2.44 bits per heavy atom. The van der Waals surface area contributed by atoms with E-state index in [0.29, 0.717) is 29.6 Å². The average Bonchev–Trinajstić information content (AvgIpc) is 3.55. The first kappa shape index (κ1) is 42.0. The Morgan fingerprint density at radius 2 is 1.81 bits per heavy atom. The molecular weight excluding hydrogens is 719 g/mol. The second-order valence-corrected chi connectivity index (χ2v) is 16.6. The first-order valence-electron chi connectivity index (χ1n) is 18.3. The van der Waals surface area contributed by atoms with Gasteiger partial charge >= 0.3 is 12.1 Å². The number of allylic oxidation sites excluding steroid dienone is 2. The van der Waals surface area contributed by atoms with Crippen molar-refractivity contribution in [3.05, 3.63) is 30.4 Å². The molecule has 6 amide bonds. The van der Waals surface area contributed by atoms with Crippen LogP contribution in [-0.4, -0.2) is 97.2 Å². The van der Waals surface area contributed by atoms with E-state index in [9.17, 15) is 28.2 Å². The van der Waals surface area contributed by atoms with Crippen molar-refractivity contribution in [1.29, 1.82) is 0 Å². The molecule has 1 saturated heterocycles. The number of aromatic nitrogens is 2. The zero-order valence-corrected chi connectivity index (χ0v) is 32.9. The molecule has 6 atom stereocenters. The summed E-state index contributed by atoms with van der Waals surface area (Å²) in [4.78, 5) is 69.6. The lowest BCUT2D eigenvalue weighted by atomic mass is 10.0. The number of urea groups is 1. The standard InChI is InChI=1S/C36H55N9O8S/c1-21(2)45-27-17-13-16-25(39-33(38)49)29(27)41-34(45)52-23-19-28(30(37)46)44(20-23)32(48)26(40-35(50)53-36(3,4)5)15-12-10-8-9-11-14-22-18-24(22)31(47)42-54(51)43(6)7/h11,13-14,16-17,21-24,26,28H,8-10,12,15,18-20H2,1-7H3,(H2,37,46)(H,40,50)(H,42,47)(H3,38,39,49). The fourth-order valence-corrected chi connectivity index (χ4v) is 6.91. The van der Waals surface area contributed by atoms with Crippen molar-refractivity contribution in [1.82, 2.24) is 28.8 Å². The van der Waals surface area contributed by atoms with Crippen LogP contribution in [0.15, 0.2) is 30.4 Å². The third kappa shape index (κ3) is 11.4. The number of benzene rings is 1. The number of nitrogens with one attached hydrogen (secondary N) is 3. The van der Waals surface area contributed by atoms with Crippen LogP contribution in [0.1, 0.15) is 85.6 Å². The third-order valence-electron chi connectivity index (χ3n) is 9.04. The van der Waals surface area contributed by atoms with Crippen molar-refractivity contribution in [2.75, 3.05) is 26.0 Å². The van der Waals surface area contributed by atoms with Crippen LogP contribution in [0.5, 0.6) is 6.01 Å². The van der Waals surface area contributed by atoms with Gasteiger partial charge in [-0.3, -0.25) is 23.7 Å². The molecule has 2 fully saturated rings. The molecule has 1 saturated carbocycles. The number of alkyl carbamates (subject to hydrolysis) is 1. The Labute approximate surface area is 318 Å². The van der Waals surface area contributed by atoms with Crippen LogP contribution in [0.25, 0.3) is 11.0 Å². The van der Waals surface area contributed by atoms with Gasteiger partial charge in [0.05, 0.1) is 17.7 Å². The lowest BCUT2D eigenvalue weighted by Crippen LogP contribution is -2.53. The van der Waals surface area contributed by atoms with Crippen LogP contribution in [0.3, 0.4) is 0 Å². The molecule has 298 valence electrons. The number of nitrogens with two attached hydrogens (primary N) is 2. The smallest absolute Gasteiger partial charge is 0.408 e. The summed E-state index contributed by atoms with van der Waals surface area (Å²) in [6.45, 7) is 9.08. The first-order valence-corrected chi connectivity index (χ1v) is 19.4. The van der Waals surface area contributed by atoms with Gasteiger partial charge in [0.2, 0.25) is 17.7 Å². The van der Waals surface area contributed by atoms with Gasteiger partial charge in [-0.1, -0.05) is 31.1 Å². The van der Waals surface area contributed by atoms with E-state index in [4.69, 9.17) is 20.9 Å². The number of amides is 6. The minimum atomic E-state index is -1.55. The molecule has 1 aromatic carbocycles. The number of para-hydroxylation sites is 1. The van der Waals surface area contributed by atoms with Crippen LogP contribution in [0.4, 0.5) is 15.3 Å². The molecule has 7 N–H and O–H groups in total. The molecule has 0 spiro atoms. The molecule has 1 aromatic heterocycles. The van der Waals surface area contributed by atoms with E-state index in [-0.39, 0.29) is 42.8 Å². The Kier molecular flexibility index (Phi) is 14.1. The number of primary amides is 2. The number of anilines is 1. The summed E-state index contributed by atoms with van der Waals surface area (Å²) in [6.07, 6.45) is 6.69. The number of ether oxygens (including phenoxy) is 2. The van der Waals surface area contributed by atoms with E-state index < -0.39 is 58.9 Å². The summed E-state index contributed by atoms with van der Waals surface area (Å²) in [6, 6.07) is 2.69. The highest BCUT2D eigenvalue weighted by Crippen LogP contribution is 2.40. The van der Waals surface area contributed by atoms with Gasteiger partial charge in [0.25, 0.3) is 6.01 Å². The van der Waals surface area contributed by atoms with Crippen LogP contribution in [0.2, 0.25) is 0 Å². The zero-order valence-electron chi connectivity index (χ0n) is 32.1. The Balaban J connectivity index is 1.40. The van der Waals surface area contributed by atoms with E-state index in [0.717, 1.165) is 25.7 Å². The van der Waals surface area contributed by atoms with E-state index >= 15 is 0 Å². The van der Waals surface area contributed by atoms with Crippen molar-refractivity contribution >= 4 is 57.7 Å². The van der Waals surface area contributed by atoms with Crippen LogP contribution < -0.4 is 31.6 Å². The maximum Gasteiger partial charge on any atom is 0.408 e. The third-order valence-corrected chi connectivity index (χ3v) is 10.1. The van der Waals surface area contributed by atoms with Gasteiger partial charge in [-0.25, -0.2) is 18.1 Å². The summed E-state index contributed by atoms with van der Waals surface area (Å²) in [5.41, 5.74) is 11.9. The lowest BCUT2D eigenvalue weighted by Gasteiger charge is -2.28. The quantitative estimate of drug-likeness (QED) is 0.117. The molecule has 2 heterocycles.